The van der Waals surface area contributed by atoms with Crippen LogP contribution in [0.2, 0.25) is 0 Å². The first-order valence-corrected chi connectivity index (χ1v) is 15.5. The van der Waals surface area contributed by atoms with Crippen LogP contribution in [0.3, 0.4) is 0 Å². The highest BCUT2D eigenvalue weighted by Gasteiger charge is 2.22. The molecule has 0 fully saturated rings. The highest BCUT2D eigenvalue weighted by atomic mass is 32.1. The monoisotopic (exact) mass is 574 g/mol. The second-order valence-corrected chi connectivity index (χ2v) is 12.3. The maximum atomic E-state index is 5.16. The van der Waals surface area contributed by atoms with Gasteiger partial charge in [-0.3, -0.25) is 8.80 Å². The van der Waals surface area contributed by atoms with Gasteiger partial charge in [0.25, 0.3) is 0 Å². The number of imidazole rings is 2. The third-order valence-electron chi connectivity index (χ3n) is 7.83. The molecule has 0 aliphatic carbocycles. The van der Waals surface area contributed by atoms with Gasteiger partial charge in [0, 0.05) is 22.3 Å². The molecule has 4 heterocycles. The van der Waals surface area contributed by atoms with Crippen LogP contribution in [-0.4, -0.2) is 18.8 Å². The molecule has 4 nitrogen and oxygen atoms in total. The first-order chi connectivity index (χ1) is 20.8. The lowest BCUT2D eigenvalue weighted by Crippen LogP contribution is -1.92. The van der Waals surface area contributed by atoms with Crippen LogP contribution in [0.4, 0.5) is 0 Å². The average Bonchev–Trinajstić information content (AvgIpc) is 3.80. The van der Waals surface area contributed by atoms with Gasteiger partial charge in [0.15, 0.2) is 9.92 Å². The van der Waals surface area contributed by atoms with Gasteiger partial charge in [-0.05, 0) is 24.3 Å². The van der Waals surface area contributed by atoms with Gasteiger partial charge in [-0.15, -0.1) is 0 Å². The molecule has 0 radical (unpaired) electrons. The number of benzene rings is 5. The minimum Gasteiger partial charge on any atom is -0.282 e. The Morgan fingerprint density at radius 1 is 0.381 bits per heavy atom. The van der Waals surface area contributed by atoms with E-state index in [1.165, 1.54) is 20.4 Å². The van der Waals surface area contributed by atoms with Gasteiger partial charge in [0.1, 0.15) is 0 Å². The largest absolute Gasteiger partial charge is 0.282 e. The van der Waals surface area contributed by atoms with Crippen LogP contribution >= 0.6 is 22.7 Å². The van der Waals surface area contributed by atoms with Crippen LogP contribution in [0.1, 0.15) is 0 Å². The molecule has 0 aliphatic heterocycles. The zero-order valence-corrected chi connectivity index (χ0v) is 23.9. The van der Waals surface area contributed by atoms with Gasteiger partial charge in [0.2, 0.25) is 0 Å². The van der Waals surface area contributed by atoms with E-state index in [2.05, 4.69) is 142 Å². The number of para-hydroxylation sites is 2. The Bertz CT molecular complexity index is 2220. The first kappa shape index (κ1) is 23.6. The molecule has 0 N–H and O–H groups in total. The predicted molar refractivity (Wildman–Crippen MR) is 176 cm³/mol. The summed E-state index contributed by atoms with van der Waals surface area (Å²) in [6.45, 7) is 0. The number of thiazole rings is 2. The Morgan fingerprint density at radius 3 is 1.19 bits per heavy atom. The summed E-state index contributed by atoms with van der Waals surface area (Å²) in [5.74, 6) is 0. The van der Waals surface area contributed by atoms with E-state index in [1.54, 1.807) is 22.7 Å². The van der Waals surface area contributed by atoms with Gasteiger partial charge in [-0.25, -0.2) is 9.97 Å². The van der Waals surface area contributed by atoms with Crippen molar-refractivity contribution in [1.29, 1.82) is 0 Å². The van der Waals surface area contributed by atoms with Gasteiger partial charge in [0.05, 0.1) is 43.2 Å². The third kappa shape index (κ3) is 3.52. The molecule has 6 heteroatoms. The summed E-state index contributed by atoms with van der Waals surface area (Å²) < 4.78 is 7.10. The molecule has 198 valence electrons. The lowest BCUT2D eigenvalue weighted by molar-refractivity contribution is 1.29. The summed E-state index contributed by atoms with van der Waals surface area (Å²) in [6.07, 6.45) is 0. The fraction of sp³-hybridized carbons (Fsp3) is 0. The standard InChI is InChI=1S/C36H22N4S2/c1-3-11-23(12-4-1)31-33(39-27-15-7-9-17-29(27)41-35(39)37-31)25-19-21-26(22-20-25)34-32(24-13-5-2-6-14-24)38-36-40(34)28-16-8-10-18-30(28)42-36/h1-22H. The second kappa shape index (κ2) is 9.24. The Hall–Kier alpha value is -5.04. The van der Waals surface area contributed by atoms with Gasteiger partial charge in [-0.1, -0.05) is 132 Å². The topological polar surface area (TPSA) is 34.6 Å². The minimum absolute atomic E-state index is 1.00. The van der Waals surface area contributed by atoms with E-state index in [-0.39, 0.29) is 0 Å². The summed E-state index contributed by atoms with van der Waals surface area (Å²) in [6, 6.07) is 47.0. The lowest BCUT2D eigenvalue weighted by atomic mass is 10.0. The molecule has 42 heavy (non-hydrogen) atoms. The Balaban J connectivity index is 1.28. The maximum Gasteiger partial charge on any atom is 0.195 e. The van der Waals surface area contributed by atoms with E-state index in [4.69, 9.17) is 9.97 Å². The number of nitrogens with zero attached hydrogens (tertiary/aromatic N) is 4. The minimum atomic E-state index is 1.00. The normalized spacial score (nSPS) is 11.8. The molecule has 0 bridgehead atoms. The van der Waals surface area contributed by atoms with Crippen molar-refractivity contribution in [3.63, 3.8) is 0 Å². The number of hydrogen-bond donors (Lipinski definition) is 0. The molecule has 9 aromatic rings. The number of rotatable bonds is 4. The molecule has 0 aliphatic rings. The van der Waals surface area contributed by atoms with Crippen LogP contribution in [0.15, 0.2) is 133 Å². The van der Waals surface area contributed by atoms with Crippen LogP contribution < -0.4 is 0 Å². The second-order valence-electron chi connectivity index (χ2n) is 10.3. The van der Waals surface area contributed by atoms with Crippen LogP contribution in [0.25, 0.3) is 75.4 Å². The van der Waals surface area contributed by atoms with Crippen LogP contribution in [0, 0.1) is 0 Å². The summed E-state index contributed by atoms with van der Waals surface area (Å²) in [5.41, 5.74) is 11.1. The summed E-state index contributed by atoms with van der Waals surface area (Å²) in [5, 5.41) is 0. The molecular formula is C36H22N4S2. The van der Waals surface area contributed by atoms with Crippen molar-refractivity contribution in [3.05, 3.63) is 133 Å². The van der Waals surface area contributed by atoms with Gasteiger partial charge >= 0.3 is 0 Å². The van der Waals surface area contributed by atoms with Crippen LogP contribution in [-0.2, 0) is 0 Å². The molecule has 0 saturated heterocycles. The number of aromatic nitrogens is 4. The SMILES string of the molecule is c1ccc(-c2nc3sc4ccccc4n3c2-c2ccc(-c3c(-c4ccccc4)nc4sc5ccccc5n34)cc2)cc1. The number of fused-ring (bicyclic) bond motifs is 6. The quantitative estimate of drug-likeness (QED) is 0.210. The molecule has 0 saturated carbocycles. The van der Waals surface area contributed by atoms with E-state index in [0.717, 1.165) is 55.0 Å². The molecule has 0 amide bonds. The molecule has 4 aromatic heterocycles. The molecule has 5 aromatic carbocycles. The van der Waals surface area contributed by atoms with Crippen molar-refractivity contribution in [2.75, 3.05) is 0 Å². The lowest BCUT2D eigenvalue weighted by Gasteiger charge is -2.10. The summed E-state index contributed by atoms with van der Waals surface area (Å²) in [7, 11) is 0. The molecule has 0 unspecified atom stereocenters. The zero-order chi connectivity index (χ0) is 27.6. The fourth-order valence-corrected chi connectivity index (χ4v) is 8.00. The van der Waals surface area contributed by atoms with E-state index in [1.807, 2.05) is 0 Å². The van der Waals surface area contributed by atoms with Gasteiger partial charge < -0.3 is 0 Å². The van der Waals surface area contributed by atoms with Crippen LogP contribution in [0.5, 0.6) is 0 Å². The molecular weight excluding hydrogens is 553 g/mol. The number of hydrogen-bond acceptors (Lipinski definition) is 4. The highest BCUT2D eigenvalue weighted by molar-refractivity contribution is 7.24. The predicted octanol–water partition coefficient (Wildman–Crippen LogP) is 10.1. The molecule has 0 atom stereocenters. The summed E-state index contributed by atoms with van der Waals surface area (Å²) >= 11 is 3.46. The maximum absolute atomic E-state index is 5.16. The first-order valence-electron chi connectivity index (χ1n) is 13.8. The van der Waals surface area contributed by atoms with Gasteiger partial charge in [-0.2, -0.15) is 0 Å². The Morgan fingerprint density at radius 2 is 0.762 bits per heavy atom. The highest BCUT2D eigenvalue weighted by Crippen LogP contribution is 2.41. The van der Waals surface area contributed by atoms with E-state index in [0.29, 0.717) is 0 Å². The van der Waals surface area contributed by atoms with E-state index < -0.39 is 0 Å². The molecule has 9 rings (SSSR count). The van der Waals surface area contributed by atoms with E-state index >= 15 is 0 Å². The average molecular weight is 575 g/mol. The smallest absolute Gasteiger partial charge is 0.195 e. The third-order valence-corrected chi connectivity index (χ3v) is 9.88. The van der Waals surface area contributed by atoms with Crippen molar-refractivity contribution in [3.8, 4) is 45.0 Å². The van der Waals surface area contributed by atoms with Crippen molar-refractivity contribution in [2.45, 2.75) is 0 Å². The summed E-state index contributed by atoms with van der Waals surface area (Å²) in [4.78, 5) is 12.3. The molecule has 0 spiro atoms. The van der Waals surface area contributed by atoms with E-state index in [9.17, 15) is 0 Å². The van der Waals surface area contributed by atoms with Crippen molar-refractivity contribution in [2.24, 2.45) is 0 Å². The Kier molecular flexibility index (Phi) is 5.20. The van der Waals surface area contributed by atoms with Crippen molar-refractivity contribution >= 4 is 53.0 Å². The van der Waals surface area contributed by atoms with Crippen molar-refractivity contribution < 1.29 is 0 Å². The fourth-order valence-electron chi connectivity index (χ4n) is 5.95. The Labute approximate surface area is 249 Å². The van der Waals surface area contributed by atoms with Crippen molar-refractivity contribution in [1.82, 2.24) is 18.8 Å². The zero-order valence-electron chi connectivity index (χ0n) is 22.3.